The first-order valence-electron chi connectivity index (χ1n) is 8.64. The minimum atomic E-state index is -0.0127. The van der Waals surface area contributed by atoms with Crippen LogP contribution in [0.25, 0.3) is 0 Å². The number of rotatable bonds is 9. The Balaban J connectivity index is 0.00000338. The Morgan fingerprint density at radius 2 is 2.08 bits per heavy atom. The van der Waals surface area contributed by atoms with Crippen LogP contribution in [0.15, 0.2) is 41.9 Å². The fraction of sp³-hybridized carbons (Fsp3) is 0.474. The Labute approximate surface area is 173 Å². The monoisotopic (exact) mass is 472 g/mol. The van der Waals surface area contributed by atoms with Crippen molar-refractivity contribution in [2.45, 2.75) is 19.4 Å². The molecular weight excluding hydrogens is 443 g/mol. The Morgan fingerprint density at radius 1 is 1.35 bits per heavy atom. The zero-order valence-electron chi connectivity index (χ0n) is 15.5. The summed E-state index contributed by atoms with van der Waals surface area (Å²) in [4.78, 5) is 17.8. The van der Waals surface area contributed by atoms with Crippen LogP contribution in [-0.2, 0) is 11.3 Å². The van der Waals surface area contributed by atoms with Gasteiger partial charge in [-0.15, -0.1) is 30.6 Å². The molecule has 1 aromatic carbocycles. The molecule has 7 heteroatoms. The van der Waals surface area contributed by atoms with Gasteiger partial charge in [-0.3, -0.25) is 4.79 Å². The van der Waals surface area contributed by atoms with Crippen LogP contribution in [0.4, 0.5) is 0 Å². The van der Waals surface area contributed by atoms with Gasteiger partial charge in [-0.2, -0.15) is 0 Å². The van der Waals surface area contributed by atoms with Crippen LogP contribution >= 0.6 is 24.0 Å². The molecule has 0 aromatic heterocycles. The maximum Gasteiger partial charge on any atom is 0.241 e. The van der Waals surface area contributed by atoms with Gasteiger partial charge < -0.3 is 20.3 Å². The lowest BCUT2D eigenvalue weighted by molar-refractivity contribution is -0.127. The minimum Gasteiger partial charge on any atom is -0.493 e. The van der Waals surface area contributed by atoms with E-state index in [9.17, 15) is 4.79 Å². The highest BCUT2D eigenvalue weighted by atomic mass is 127. The van der Waals surface area contributed by atoms with Crippen molar-refractivity contribution in [1.29, 1.82) is 0 Å². The van der Waals surface area contributed by atoms with Crippen LogP contribution in [0, 0.1) is 5.92 Å². The predicted molar refractivity (Wildman–Crippen MR) is 116 cm³/mol. The molecule has 0 unspecified atom stereocenters. The minimum absolute atomic E-state index is 0. The Morgan fingerprint density at radius 3 is 2.73 bits per heavy atom. The molecule has 6 nitrogen and oxygen atoms in total. The number of ether oxygens (including phenoxy) is 1. The molecule has 1 saturated carbocycles. The number of halogens is 1. The third kappa shape index (κ3) is 8.07. The van der Waals surface area contributed by atoms with E-state index in [1.807, 2.05) is 24.3 Å². The van der Waals surface area contributed by atoms with Crippen molar-refractivity contribution in [3.8, 4) is 5.75 Å². The Kier molecular flexibility index (Phi) is 10.1. The fourth-order valence-electron chi connectivity index (χ4n) is 2.09. The molecule has 26 heavy (non-hydrogen) atoms. The van der Waals surface area contributed by atoms with E-state index in [2.05, 4.69) is 22.2 Å². The average molecular weight is 472 g/mol. The summed E-state index contributed by atoms with van der Waals surface area (Å²) >= 11 is 0. The molecule has 2 N–H and O–H groups in total. The molecule has 1 aromatic rings. The number of hydrogen-bond acceptors (Lipinski definition) is 3. The van der Waals surface area contributed by atoms with Gasteiger partial charge in [0.05, 0.1) is 19.7 Å². The van der Waals surface area contributed by atoms with E-state index in [0.717, 1.165) is 17.9 Å². The van der Waals surface area contributed by atoms with E-state index in [4.69, 9.17) is 4.74 Å². The average Bonchev–Trinajstić information content (AvgIpc) is 3.44. The van der Waals surface area contributed by atoms with Gasteiger partial charge in [-0.1, -0.05) is 24.3 Å². The largest absolute Gasteiger partial charge is 0.493 e. The SMILES string of the molecule is C=CCNC(=NCc1ccccc1OCC1CC1)NCC(=O)N(C)C.I. The number of carbonyl (C=O) groups excluding carboxylic acids is 1. The number of guanidine groups is 1. The quantitative estimate of drug-likeness (QED) is 0.251. The van der Waals surface area contributed by atoms with Gasteiger partial charge in [0, 0.05) is 26.2 Å². The number of nitrogens with zero attached hydrogens (tertiary/aromatic N) is 2. The fourth-order valence-corrected chi connectivity index (χ4v) is 2.09. The van der Waals surface area contributed by atoms with Crippen molar-refractivity contribution in [2.24, 2.45) is 10.9 Å². The highest BCUT2D eigenvalue weighted by Crippen LogP contribution is 2.30. The van der Waals surface area contributed by atoms with Crippen molar-refractivity contribution in [3.63, 3.8) is 0 Å². The highest BCUT2D eigenvalue weighted by molar-refractivity contribution is 14.0. The zero-order valence-corrected chi connectivity index (χ0v) is 17.9. The first-order valence-corrected chi connectivity index (χ1v) is 8.64. The van der Waals surface area contributed by atoms with Crippen molar-refractivity contribution in [2.75, 3.05) is 33.8 Å². The van der Waals surface area contributed by atoms with E-state index >= 15 is 0 Å². The summed E-state index contributed by atoms with van der Waals surface area (Å²) < 4.78 is 5.92. The number of para-hydroxylation sites is 1. The predicted octanol–water partition coefficient (Wildman–Crippen LogP) is 2.40. The lowest BCUT2D eigenvalue weighted by atomic mass is 10.2. The number of hydrogen-bond donors (Lipinski definition) is 2. The van der Waals surface area contributed by atoms with Gasteiger partial charge in [-0.05, 0) is 24.8 Å². The number of carbonyl (C=O) groups is 1. The second-order valence-corrected chi connectivity index (χ2v) is 6.34. The summed E-state index contributed by atoms with van der Waals surface area (Å²) in [6.45, 7) is 5.71. The van der Waals surface area contributed by atoms with Crippen molar-refractivity contribution in [1.82, 2.24) is 15.5 Å². The van der Waals surface area contributed by atoms with E-state index < -0.39 is 0 Å². The zero-order chi connectivity index (χ0) is 18.1. The summed E-state index contributed by atoms with van der Waals surface area (Å²) in [5, 5.41) is 6.17. The number of aliphatic imine (C=N–C) groups is 1. The lowest BCUT2D eigenvalue weighted by Crippen LogP contribution is -2.43. The standard InChI is InChI=1S/C19H28N4O2.HI/c1-4-11-20-19(22-13-18(24)23(2)3)21-12-16-7-5-6-8-17(16)25-14-15-9-10-15;/h4-8,15H,1,9-14H2,2-3H3,(H2,20,21,22);1H. The molecule has 1 aliphatic rings. The molecule has 0 aliphatic heterocycles. The highest BCUT2D eigenvalue weighted by Gasteiger charge is 2.22. The van der Waals surface area contributed by atoms with E-state index in [0.29, 0.717) is 25.0 Å². The van der Waals surface area contributed by atoms with Gasteiger partial charge in [0.2, 0.25) is 5.91 Å². The maximum absolute atomic E-state index is 11.7. The smallest absolute Gasteiger partial charge is 0.241 e. The summed E-state index contributed by atoms with van der Waals surface area (Å²) in [6, 6.07) is 7.95. The van der Waals surface area contributed by atoms with Crippen LogP contribution in [0.3, 0.4) is 0 Å². The molecular formula is C19H29IN4O2. The van der Waals surface area contributed by atoms with Gasteiger partial charge in [0.15, 0.2) is 5.96 Å². The number of benzene rings is 1. The van der Waals surface area contributed by atoms with Crippen molar-refractivity contribution >= 4 is 35.8 Å². The number of amides is 1. The van der Waals surface area contributed by atoms with Crippen molar-refractivity contribution in [3.05, 3.63) is 42.5 Å². The van der Waals surface area contributed by atoms with E-state index in [1.165, 1.54) is 12.8 Å². The molecule has 0 saturated heterocycles. The second kappa shape index (κ2) is 11.8. The maximum atomic E-state index is 11.7. The van der Waals surface area contributed by atoms with Crippen LogP contribution in [0.5, 0.6) is 5.75 Å². The van der Waals surface area contributed by atoms with Crippen LogP contribution in [-0.4, -0.2) is 50.6 Å². The lowest BCUT2D eigenvalue weighted by Gasteiger charge is -2.15. The number of likely N-dealkylation sites (N-methyl/N-ethyl adjacent to an activating group) is 1. The summed E-state index contributed by atoms with van der Waals surface area (Å²) in [5.41, 5.74) is 1.03. The molecule has 1 fully saturated rings. The summed E-state index contributed by atoms with van der Waals surface area (Å²) in [6.07, 6.45) is 4.27. The topological polar surface area (TPSA) is 66.0 Å². The molecule has 0 heterocycles. The molecule has 1 aliphatic carbocycles. The van der Waals surface area contributed by atoms with Crippen molar-refractivity contribution < 1.29 is 9.53 Å². The third-order valence-electron chi connectivity index (χ3n) is 3.87. The van der Waals surface area contributed by atoms with E-state index in [1.54, 1.807) is 25.1 Å². The normalized spacial score (nSPS) is 13.4. The van der Waals surface area contributed by atoms with Crippen LogP contribution in [0.2, 0.25) is 0 Å². The first-order chi connectivity index (χ1) is 12.1. The molecule has 2 rings (SSSR count). The Hall–Kier alpha value is -1.77. The molecule has 0 radical (unpaired) electrons. The Bertz CT molecular complexity index is 615. The molecule has 0 spiro atoms. The summed E-state index contributed by atoms with van der Waals surface area (Å²) in [7, 11) is 3.46. The van der Waals surface area contributed by atoms with E-state index in [-0.39, 0.29) is 36.4 Å². The molecule has 0 atom stereocenters. The van der Waals surface area contributed by atoms with Gasteiger partial charge >= 0.3 is 0 Å². The number of nitrogens with one attached hydrogen (secondary N) is 2. The second-order valence-electron chi connectivity index (χ2n) is 6.34. The van der Waals surface area contributed by atoms with Gasteiger partial charge in [0.1, 0.15) is 5.75 Å². The summed E-state index contributed by atoms with van der Waals surface area (Å²) in [5.74, 6) is 2.15. The van der Waals surface area contributed by atoms with Gasteiger partial charge in [-0.25, -0.2) is 4.99 Å². The molecule has 144 valence electrons. The third-order valence-corrected chi connectivity index (χ3v) is 3.87. The molecule has 1 amide bonds. The molecule has 0 bridgehead atoms. The van der Waals surface area contributed by atoms with Gasteiger partial charge in [0.25, 0.3) is 0 Å². The first kappa shape index (κ1) is 22.3. The van der Waals surface area contributed by atoms with Crippen LogP contribution < -0.4 is 15.4 Å². The van der Waals surface area contributed by atoms with Crippen LogP contribution in [0.1, 0.15) is 18.4 Å².